The van der Waals surface area contributed by atoms with Gasteiger partial charge in [0.15, 0.2) is 5.58 Å². The van der Waals surface area contributed by atoms with Gasteiger partial charge in [-0.05, 0) is 25.0 Å². The van der Waals surface area contributed by atoms with Gasteiger partial charge in [0, 0.05) is 32.0 Å². The van der Waals surface area contributed by atoms with Crippen molar-refractivity contribution >= 4 is 22.9 Å². The van der Waals surface area contributed by atoms with Gasteiger partial charge in [0.05, 0.1) is 5.52 Å². The van der Waals surface area contributed by atoms with Crippen LogP contribution < -0.4 is 16.4 Å². The zero-order valence-corrected chi connectivity index (χ0v) is 14.8. The Bertz CT molecular complexity index is 818. The van der Waals surface area contributed by atoms with Crippen LogP contribution in [0.2, 0.25) is 0 Å². The maximum absolute atomic E-state index is 12.0. The monoisotopic (exact) mass is 359 g/mol. The van der Waals surface area contributed by atoms with Gasteiger partial charge in [-0.1, -0.05) is 31.4 Å². The molecule has 2 amide bonds. The molecule has 1 aliphatic carbocycles. The highest BCUT2D eigenvalue weighted by atomic mass is 16.4. The van der Waals surface area contributed by atoms with E-state index in [9.17, 15) is 14.4 Å². The molecule has 0 atom stereocenters. The number of hydrogen-bond acceptors (Lipinski definition) is 4. The van der Waals surface area contributed by atoms with Crippen LogP contribution in [0, 0.1) is 0 Å². The van der Waals surface area contributed by atoms with Gasteiger partial charge >= 0.3 is 5.76 Å². The Morgan fingerprint density at radius 3 is 2.65 bits per heavy atom. The minimum absolute atomic E-state index is 0.0192. The summed E-state index contributed by atoms with van der Waals surface area (Å²) < 4.78 is 6.59. The van der Waals surface area contributed by atoms with E-state index in [1.165, 1.54) is 23.8 Å². The molecule has 1 aromatic carbocycles. The Morgan fingerprint density at radius 2 is 1.85 bits per heavy atom. The van der Waals surface area contributed by atoms with Gasteiger partial charge in [-0.25, -0.2) is 4.79 Å². The Kier molecular flexibility index (Phi) is 6.09. The topological polar surface area (TPSA) is 93.3 Å². The fourth-order valence-electron chi connectivity index (χ4n) is 3.39. The Labute approximate surface area is 151 Å². The number of amides is 2. The van der Waals surface area contributed by atoms with Gasteiger partial charge in [0.1, 0.15) is 0 Å². The van der Waals surface area contributed by atoms with Gasteiger partial charge in [-0.3, -0.25) is 14.2 Å². The molecule has 7 nitrogen and oxygen atoms in total. The Balaban J connectivity index is 1.39. The third-order valence-corrected chi connectivity index (χ3v) is 4.78. The van der Waals surface area contributed by atoms with E-state index in [4.69, 9.17) is 4.42 Å². The molecular weight excluding hydrogens is 334 g/mol. The van der Waals surface area contributed by atoms with Crippen molar-refractivity contribution in [1.29, 1.82) is 0 Å². The standard InChI is InChI=1S/C19H25N3O4/c23-17(20-12-10-18(24)21-14-6-2-1-3-7-14)11-13-22-15-8-4-5-9-16(15)26-19(22)25/h4-5,8-9,14H,1-3,6-7,10-13H2,(H,20,23)(H,21,24). The molecule has 1 aromatic heterocycles. The number of oxazole rings is 1. The number of fused-ring (bicyclic) bond motifs is 1. The molecule has 140 valence electrons. The summed E-state index contributed by atoms with van der Waals surface area (Å²) in [4.78, 5) is 35.7. The molecule has 0 unspecified atom stereocenters. The van der Waals surface area contributed by atoms with Crippen molar-refractivity contribution in [3.05, 3.63) is 34.8 Å². The lowest BCUT2D eigenvalue weighted by atomic mass is 9.95. The second-order valence-corrected chi connectivity index (χ2v) is 6.74. The lowest BCUT2D eigenvalue weighted by molar-refractivity contribution is -0.122. The molecule has 1 heterocycles. The molecule has 0 saturated heterocycles. The molecule has 2 N–H and O–H groups in total. The van der Waals surface area contributed by atoms with Crippen LogP contribution in [0.25, 0.3) is 11.1 Å². The van der Waals surface area contributed by atoms with Gasteiger partial charge in [0.2, 0.25) is 11.8 Å². The first-order valence-electron chi connectivity index (χ1n) is 9.28. The van der Waals surface area contributed by atoms with Crippen LogP contribution in [0.15, 0.2) is 33.5 Å². The number of aryl methyl sites for hydroxylation is 1. The Morgan fingerprint density at radius 1 is 1.08 bits per heavy atom. The van der Waals surface area contributed by atoms with Gasteiger partial charge in [0.25, 0.3) is 0 Å². The summed E-state index contributed by atoms with van der Waals surface area (Å²) in [7, 11) is 0. The van der Waals surface area contributed by atoms with E-state index in [1.807, 2.05) is 6.07 Å². The summed E-state index contributed by atoms with van der Waals surface area (Å²) in [6, 6.07) is 7.40. The van der Waals surface area contributed by atoms with E-state index >= 15 is 0 Å². The van der Waals surface area contributed by atoms with Crippen molar-refractivity contribution in [2.45, 2.75) is 57.5 Å². The summed E-state index contributed by atoms with van der Waals surface area (Å²) in [5.74, 6) is -0.673. The number of benzene rings is 1. The molecule has 0 aliphatic heterocycles. The zero-order valence-electron chi connectivity index (χ0n) is 14.8. The molecule has 0 spiro atoms. The summed E-state index contributed by atoms with van der Waals surface area (Å²) in [6.07, 6.45) is 6.12. The molecule has 7 heteroatoms. The smallest absolute Gasteiger partial charge is 0.408 e. The number of para-hydroxylation sites is 2. The average molecular weight is 359 g/mol. The first kappa shape index (κ1) is 18.2. The number of nitrogens with one attached hydrogen (secondary N) is 2. The van der Waals surface area contributed by atoms with E-state index in [0.717, 1.165) is 12.8 Å². The molecule has 1 aliphatic rings. The number of nitrogens with zero attached hydrogens (tertiary/aromatic N) is 1. The summed E-state index contributed by atoms with van der Waals surface area (Å²) in [5.41, 5.74) is 1.19. The van der Waals surface area contributed by atoms with Crippen molar-refractivity contribution in [1.82, 2.24) is 15.2 Å². The fourth-order valence-corrected chi connectivity index (χ4v) is 3.39. The van der Waals surface area contributed by atoms with Crippen LogP contribution >= 0.6 is 0 Å². The van der Waals surface area contributed by atoms with Crippen LogP contribution in [-0.4, -0.2) is 29.0 Å². The third kappa shape index (κ3) is 4.74. The molecule has 26 heavy (non-hydrogen) atoms. The van der Waals surface area contributed by atoms with Gasteiger partial charge in [-0.2, -0.15) is 0 Å². The third-order valence-electron chi connectivity index (χ3n) is 4.78. The van der Waals surface area contributed by atoms with Crippen molar-refractivity contribution in [3.8, 4) is 0 Å². The maximum Gasteiger partial charge on any atom is 0.419 e. The van der Waals surface area contributed by atoms with Crippen molar-refractivity contribution in [2.24, 2.45) is 0 Å². The normalized spacial score (nSPS) is 15.1. The first-order valence-corrected chi connectivity index (χ1v) is 9.28. The predicted octanol–water partition coefficient (Wildman–Crippen LogP) is 1.94. The van der Waals surface area contributed by atoms with Gasteiger partial charge < -0.3 is 15.1 Å². The average Bonchev–Trinajstić information content (AvgIpc) is 2.96. The highest BCUT2D eigenvalue weighted by Gasteiger charge is 2.15. The van der Waals surface area contributed by atoms with Crippen LogP contribution in [0.3, 0.4) is 0 Å². The van der Waals surface area contributed by atoms with Crippen LogP contribution in [-0.2, 0) is 16.1 Å². The molecule has 0 radical (unpaired) electrons. The molecular formula is C19H25N3O4. The summed E-state index contributed by atoms with van der Waals surface area (Å²) in [6.45, 7) is 0.550. The van der Waals surface area contributed by atoms with E-state index in [2.05, 4.69) is 10.6 Å². The van der Waals surface area contributed by atoms with E-state index in [1.54, 1.807) is 18.2 Å². The van der Waals surface area contributed by atoms with Crippen LogP contribution in [0.4, 0.5) is 0 Å². The number of hydrogen-bond donors (Lipinski definition) is 2. The maximum atomic E-state index is 12.0. The second kappa shape index (κ2) is 8.69. The fraction of sp³-hybridized carbons (Fsp3) is 0.526. The number of carbonyl (C=O) groups is 2. The lowest BCUT2D eigenvalue weighted by Gasteiger charge is -2.22. The molecule has 2 aromatic rings. The van der Waals surface area contributed by atoms with Crippen molar-refractivity contribution in [2.75, 3.05) is 6.54 Å². The SMILES string of the molecule is O=C(CCn1c(=O)oc2ccccc21)NCCC(=O)NC1CCCCC1. The highest BCUT2D eigenvalue weighted by molar-refractivity contribution is 5.79. The van der Waals surface area contributed by atoms with Crippen molar-refractivity contribution < 1.29 is 14.0 Å². The number of rotatable bonds is 7. The van der Waals surface area contributed by atoms with Crippen LogP contribution in [0.1, 0.15) is 44.9 Å². The zero-order chi connectivity index (χ0) is 18.4. The van der Waals surface area contributed by atoms with E-state index in [0.29, 0.717) is 17.6 Å². The molecule has 3 rings (SSSR count). The minimum atomic E-state index is -0.467. The number of carbonyl (C=O) groups excluding carboxylic acids is 2. The molecule has 1 saturated carbocycles. The van der Waals surface area contributed by atoms with E-state index < -0.39 is 5.76 Å². The molecule has 1 fully saturated rings. The predicted molar refractivity (Wildman–Crippen MR) is 97.7 cm³/mol. The Hall–Kier alpha value is -2.57. The van der Waals surface area contributed by atoms with E-state index in [-0.39, 0.29) is 37.2 Å². The lowest BCUT2D eigenvalue weighted by Crippen LogP contribution is -2.38. The quantitative estimate of drug-likeness (QED) is 0.790. The van der Waals surface area contributed by atoms with Crippen molar-refractivity contribution in [3.63, 3.8) is 0 Å². The first-order chi connectivity index (χ1) is 12.6. The highest BCUT2D eigenvalue weighted by Crippen LogP contribution is 2.17. The number of aromatic nitrogens is 1. The second-order valence-electron chi connectivity index (χ2n) is 6.74. The minimum Gasteiger partial charge on any atom is -0.408 e. The summed E-state index contributed by atoms with van der Waals surface area (Å²) >= 11 is 0. The molecule has 0 bridgehead atoms. The van der Waals surface area contributed by atoms with Crippen LogP contribution in [0.5, 0.6) is 0 Å². The van der Waals surface area contributed by atoms with Gasteiger partial charge in [-0.15, -0.1) is 0 Å². The largest absolute Gasteiger partial charge is 0.419 e. The summed E-state index contributed by atoms with van der Waals surface area (Å²) in [5, 5.41) is 5.76.